The Labute approximate surface area is 72.8 Å². The van der Waals surface area contributed by atoms with Gasteiger partial charge in [0.15, 0.2) is 0 Å². The summed E-state index contributed by atoms with van der Waals surface area (Å²) in [6, 6.07) is 0. The fourth-order valence-corrected chi connectivity index (χ4v) is 1.36. The lowest BCUT2D eigenvalue weighted by Crippen LogP contribution is -2.45. The van der Waals surface area contributed by atoms with Crippen molar-refractivity contribution in [1.29, 1.82) is 0 Å². The van der Waals surface area contributed by atoms with E-state index in [2.05, 4.69) is 4.90 Å². The smallest absolute Gasteiger partial charge is 0.312 e. The van der Waals surface area contributed by atoms with Gasteiger partial charge in [-0.2, -0.15) is 0 Å². The Hall–Kier alpha value is -0.610. The highest BCUT2D eigenvalue weighted by Gasteiger charge is 2.14. The van der Waals surface area contributed by atoms with Crippen LogP contribution in [-0.2, 0) is 4.79 Å². The SMILES string of the molecule is O=[C]N1CCN(CCCO)CC1. The van der Waals surface area contributed by atoms with E-state index in [9.17, 15) is 4.79 Å². The van der Waals surface area contributed by atoms with Crippen molar-refractivity contribution in [3.8, 4) is 0 Å². The van der Waals surface area contributed by atoms with Gasteiger partial charge in [0.2, 0.25) is 0 Å². The number of amides is 1. The summed E-state index contributed by atoms with van der Waals surface area (Å²) < 4.78 is 0. The van der Waals surface area contributed by atoms with E-state index in [1.807, 2.05) is 6.41 Å². The predicted molar refractivity (Wildman–Crippen MR) is 45.4 cm³/mol. The number of carbonyl (C=O) groups excluding carboxylic acids is 1. The van der Waals surface area contributed by atoms with Crippen LogP contribution in [0.2, 0.25) is 0 Å². The van der Waals surface area contributed by atoms with Gasteiger partial charge in [0.05, 0.1) is 0 Å². The summed E-state index contributed by atoms with van der Waals surface area (Å²) in [5.41, 5.74) is 0. The Morgan fingerprint density at radius 2 is 1.92 bits per heavy atom. The average molecular weight is 171 g/mol. The summed E-state index contributed by atoms with van der Waals surface area (Å²) in [5, 5.41) is 8.60. The summed E-state index contributed by atoms with van der Waals surface area (Å²) in [6.45, 7) is 4.55. The minimum absolute atomic E-state index is 0.250. The highest BCUT2D eigenvalue weighted by atomic mass is 16.3. The third-order valence-corrected chi connectivity index (χ3v) is 2.13. The van der Waals surface area contributed by atoms with Crippen LogP contribution in [0.15, 0.2) is 0 Å². The molecule has 1 radical (unpaired) electrons. The molecule has 1 aliphatic rings. The van der Waals surface area contributed by atoms with Gasteiger partial charge in [-0.25, -0.2) is 0 Å². The van der Waals surface area contributed by atoms with Crippen LogP contribution in [0.5, 0.6) is 0 Å². The standard InChI is InChI=1S/C8H15N2O2/c11-7-1-2-9-3-5-10(8-12)6-4-9/h11H,1-7H2. The molecule has 0 bridgehead atoms. The Morgan fingerprint density at radius 1 is 1.25 bits per heavy atom. The molecule has 0 aliphatic carbocycles. The second-order valence-corrected chi connectivity index (χ2v) is 3.00. The van der Waals surface area contributed by atoms with Gasteiger partial charge in [0.25, 0.3) is 0 Å². The van der Waals surface area contributed by atoms with Gasteiger partial charge in [-0.1, -0.05) is 0 Å². The third-order valence-electron chi connectivity index (χ3n) is 2.13. The zero-order valence-corrected chi connectivity index (χ0v) is 7.20. The number of piperazine rings is 1. The highest BCUT2D eigenvalue weighted by molar-refractivity contribution is 5.48. The number of aliphatic hydroxyl groups excluding tert-OH is 1. The van der Waals surface area contributed by atoms with E-state index < -0.39 is 0 Å². The summed E-state index contributed by atoms with van der Waals surface area (Å²) >= 11 is 0. The monoisotopic (exact) mass is 171 g/mol. The molecule has 0 aromatic rings. The molecule has 1 amide bonds. The maximum Gasteiger partial charge on any atom is 0.312 e. The molecule has 1 fully saturated rings. The van der Waals surface area contributed by atoms with Crippen LogP contribution in [0.1, 0.15) is 6.42 Å². The fourth-order valence-electron chi connectivity index (χ4n) is 1.36. The molecule has 4 heteroatoms. The van der Waals surface area contributed by atoms with Crippen molar-refractivity contribution in [2.24, 2.45) is 0 Å². The Kier molecular flexibility index (Phi) is 4.04. The normalized spacial score (nSPS) is 19.6. The second kappa shape index (κ2) is 5.11. The molecular weight excluding hydrogens is 156 g/mol. The number of rotatable bonds is 4. The molecule has 0 atom stereocenters. The number of hydrogen-bond donors (Lipinski definition) is 1. The number of nitrogens with zero attached hydrogens (tertiary/aromatic N) is 2. The fraction of sp³-hybridized carbons (Fsp3) is 0.875. The van der Waals surface area contributed by atoms with Crippen LogP contribution in [0, 0.1) is 0 Å². The second-order valence-electron chi connectivity index (χ2n) is 3.00. The molecule has 69 valence electrons. The lowest BCUT2D eigenvalue weighted by atomic mass is 10.3. The molecule has 0 saturated carbocycles. The molecule has 1 saturated heterocycles. The summed E-state index contributed by atoms with van der Waals surface area (Å²) in [6.07, 6.45) is 2.71. The molecule has 4 nitrogen and oxygen atoms in total. The lowest BCUT2D eigenvalue weighted by molar-refractivity contribution is 0.163. The minimum atomic E-state index is 0.250. The van der Waals surface area contributed by atoms with Gasteiger partial charge >= 0.3 is 6.41 Å². The first-order valence-corrected chi connectivity index (χ1v) is 4.33. The molecule has 1 aliphatic heterocycles. The van der Waals surface area contributed by atoms with Crippen molar-refractivity contribution in [2.75, 3.05) is 39.3 Å². The largest absolute Gasteiger partial charge is 0.396 e. The van der Waals surface area contributed by atoms with E-state index in [4.69, 9.17) is 5.11 Å². The molecule has 1 rings (SSSR count). The zero-order chi connectivity index (χ0) is 8.81. The topological polar surface area (TPSA) is 43.8 Å². The van der Waals surface area contributed by atoms with Crippen LogP contribution in [0.3, 0.4) is 0 Å². The summed E-state index contributed by atoms with van der Waals surface area (Å²) in [5.74, 6) is 0. The van der Waals surface area contributed by atoms with Gasteiger partial charge in [0.1, 0.15) is 0 Å². The predicted octanol–water partition coefficient (Wildman–Crippen LogP) is -0.946. The Bertz CT molecular complexity index is 133. The summed E-state index contributed by atoms with van der Waals surface area (Å²) in [4.78, 5) is 14.1. The van der Waals surface area contributed by atoms with Crippen LogP contribution in [-0.4, -0.2) is 60.6 Å². The van der Waals surface area contributed by atoms with E-state index in [1.165, 1.54) is 0 Å². The molecule has 0 aromatic heterocycles. The molecule has 0 aromatic carbocycles. The maximum absolute atomic E-state index is 10.2. The Balaban J connectivity index is 2.12. The van der Waals surface area contributed by atoms with Crippen molar-refractivity contribution in [3.05, 3.63) is 0 Å². The van der Waals surface area contributed by atoms with Crippen molar-refractivity contribution < 1.29 is 9.90 Å². The first-order valence-electron chi connectivity index (χ1n) is 4.33. The van der Waals surface area contributed by atoms with E-state index >= 15 is 0 Å². The van der Waals surface area contributed by atoms with Gasteiger partial charge < -0.3 is 10.0 Å². The van der Waals surface area contributed by atoms with E-state index in [0.717, 1.165) is 39.1 Å². The van der Waals surface area contributed by atoms with Gasteiger partial charge in [-0.05, 0) is 6.42 Å². The number of aliphatic hydroxyl groups is 1. The Morgan fingerprint density at radius 3 is 2.42 bits per heavy atom. The average Bonchev–Trinajstić information content (AvgIpc) is 2.15. The van der Waals surface area contributed by atoms with Crippen LogP contribution < -0.4 is 0 Å². The van der Waals surface area contributed by atoms with Gasteiger partial charge in [0, 0.05) is 39.3 Å². The van der Waals surface area contributed by atoms with Crippen LogP contribution >= 0.6 is 0 Å². The van der Waals surface area contributed by atoms with Crippen molar-refractivity contribution in [2.45, 2.75) is 6.42 Å². The van der Waals surface area contributed by atoms with E-state index in [1.54, 1.807) is 4.90 Å². The van der Waals surface area contributed by atoms with Crippen LogP contribution in [0.4, 0.5) is 0 Å². The van der Waals surface area contributed by atoms with Gasteiger partial charge in [-0.15, -0.1) is 0 Å². The molecule has 12 heavy (non-hydrogen) atoms. The van der Waals surface area contributed by atoms with Crippen molar-refractivity contribution in [1.82, 2.24) is 9.80 Å². The van der Waals surface area contributed by atoms with E-state index in [-0.39, 0.29) is 6.61 Å². The third kappa shape index (κ3) is 2.79. The lowest BCUT2D eigenvalue weighted by Gasteiger charge is -2.31. The molecule has 0 spiro atoms. The molecule has 1 N–H and O–H groups in total. The first kappa shape index (κ1) is 9.48. The van der Waals surface area contributed by atoms with Crippen LogP contribution in [0.25, 0.3) is 0 Å². The minimum Gasteiger partial charge on any atom is -0.396 e. The van der Waals surface area contributed by atoms with Gasteiger partial charge in [-0.3, -0.25) is 9.69 Å². The quantitative estimate of drug-likeness (QED) is 0.593. The summed E-state index contributed by atoms with van der Waals surface area (Å²) in [7, 11) is 0. The number of hydrogen-bond acceptors (Lipinski definition) is 3. The van der Waals surface area contributed by atoms with Crippen molar-refractivity contribution in [3.63, 3.8) is 0 Å². The first-order chi connectivity index (χ1) is 5.86. The van der Waals surface area contributed by atoms with Crippen molar-refractivity contribution >= 4 is 6.41 Å². The maximum atomic E-state index is 10.2. The molecular formula is C8H15N2O2. The van der Waals surface area contributed by atoms with E-state index in [0.29, 0.717) is 0 Å². The molecule has 0 unspecified atom stereocenters. The zero-order valence-electron chi connectivity index (χ0n) is 7.20. The molecule has 1 heterocycles. The highest BCUT2D eigenvalue weighted by Crippen LogP contribution is 1.99.